The van der Waals surface area contributed by atoms with Crippen LogP contribution < -0.4 is 5.73 Å². The second kappa shape index (κ2) is 22.7. The van der Waals surface area contributed by atoms with Gasteiger partial charge in [-0.2, -0.15) is 0 Å². The minimum Gasteiger partial charge on any atom is -0.399 e. The summed E-state index contributed by atoms with van der Waals surface area (Å²) in [6.07, 6.45) is 9.50. The molecule has 0 fully saturated rings. The summed E-state index contributed by atoms with van der Waals surface area (Å²) in [5, 5.41) is 0. The quantitative estimate of drug-likeness (QED) is 0.486. The van der Waals surface area contributed by atoms with E-state index < -0.39 is 0 Å². The molecule has 2 nitrogen and oxygen atoms in total. The maximum atomic E-state index is 9.44. The minimum atomic E-state index is 0.167. The Morgan fingerprint density at radius 1 is 0.926 bits per heavy atom. The van der Waals surface area contributed by atoms with Crippen LogP contribution in [0.1, 0.15) is 106 Å². The van der Waals surface area contributed by atoms with E-state index >= 15 is 0 Å². The number of benzene rings is 1. The largest absolute Gasteiger partial charge is 0.399 e. The molecule has 0 aliphatic carbocycles. The lowest BCUT2D eigenvalue weighted by Crippen LogP contribution is -1.93. The van der Waals surface area contributed by atoms with E-state index in [0.717, 1.165) is 23.9 Å². The molecule has 0 radical (unpaired) electrons. The molecule has 2 N–H and O–H groups in total. The highest BCUT2D eigenvalue weighted by molar-refractivity contribution is 5.72. The topological polar surface area (TPSA) is 43.1 Å². The normalized spacial score (nSPS) is 9.44. The molecule has 0 saturated carbocycles. The Morgan fingerprint density at radius 3 is 1.59 bits per heavy atom. The molecule has 1 aromatic rings. The van der Waals surface area contributed by atoms with Crippen LogP contribution >= 0.6 is 0 Å². The standard InChI is InChI=1S/C10H22.C8H11N.C4H10.C3H6O/c1-4-6-8-10(3)9-7-5-2;1-2-7-4-3-5-8(9)6-7;1-4(2)3;1-3(2)4/h10H,4-9H2,1-3H3;3-6H,2,9H2,1H3;4H,1-3H3;1-2H3. The van der Waals surface area contributed by atoms with E-state index in [1.807, 2.05) is 18.2 Å². The highest BCUT2D eigenvalue weighted by atomic mass is 16.1. The molecule has 0 atom stereocenters. The van der Waals surface area contributed by atoms with Gasteiger partial charge in [-0.15, -0.1) is 0 Å². The number of nitrogens with two attached hydrogens (primary N) is 1. The summed E-state index contributed by atoms with van der Waals surface area (Å²) >= 11 is 0. The molecule has 0 aliphatic heterocycles. The van der Waals surface area contributed by atoms with Gasteiger partial charge in [0.1, 0.15) is 5.78 Å². The van der Waals surface area contributed by atoms with Crippen LogP contribution in [0.25, 0.3) is 0 Å². The monoisotopic (exact) mass is 379 g/mol. The van der Waals surface area contributed by atoms with Crippen molar-refractivity contribution in [1.82, 2.24) is 0 Å². The van der Waals surface area contributed by atoms with Crippen LogP contribution in [0.15, 0.2) is 24.3 Å². The van der Waals surface area contributed by atoms with Gasteiger partial charge in [0.25, 0.3) is 0 Å². The van der Waals surface area contributed by atoms with Crippen LogP contribution in [0.5, 0.6) is 0 Å². The number of carbonyl (C=O) groups excluding carboxylic acids is 1. The maximum Gasteiger partial charge on any atom is 0.126 e. The molecule has 0 unspecified atom stereocenters. The van der Waals surface area contributed by atoms with E-state index in [0.29, 0.717) is 0 Å². The Kier molecular flexibility index (Phi) is 25.6. The summed E-state index contributed by atoms with van der Waals surface area (Å²) < 4.78 is 0. The average molecular weight is 380 g/mol. The average Bonchev–Trinajstić information content (AvgIpc) is 2.57. The zero-order valence-electron chi connectivity index (χ0n) is 19.9. The van der Waals surface area contributed by atoms with Crippen molar-refractivity contribution in [3.63, 3.8) is 0 Å². The number of aryl methyl sites for hydroxylation is 1. The predicted molar refractivity (Wildman–Crippen MR) is 125 cm³/mol. The summed E-state index contributed by atoms with van der Waals surface area (Å²) in [6.45, 7) is 18.6. The lowest BCUT2D eigenvalue weighted by atomic mass is 9.98. The molecule has 27 heavy (non-hydrogen) atoms. The third-order valence-electron chi connectivity index (χ3n) is 3.46. The van der Waals surface area contributed by atoms with E-state index in [9.17, 15) is 4.79 Å². The molecule has 0 aliphatic rings. The first-order chi connectivity index (χ1) is 12.6. The number of Topliss-reactive ketones (excluding diaryl/α,β-unsaturated/α-hetero) is 1. The van der Waals surface area contributed by atoms with Gasteiger partial charge in [-0.1, -0.05) is 99.1 Å². The predicted octanol–water partition coefficient (Wildman–Crippen LogP) is 8.09. The van der Waals surface area contributed by atoms with E-state index in [1.165, 1.54) is 57.9 Å². The maximum absolute atomic E-state index is 9.44. The van der Waals surface area contributed by atoms with Gasteiger partial charge in [0.2, 0.25) is 0 Å². The third kappa shape index (κ3) is 36.4. The Labute approximate surface area is 171 Å². The van der Waals surface area contributed by atoms with Gasteiger partial charge in [0.15, 0.2) is 0 Å². The molecule has 160 valence electrons. The number of nitrogen functional groups attached to an aromatic ring is 1. The molecular formula is C25H49NO. The molecule has 1 aromatic carbocycles. The lowest BCUT2D eigenvalue weighted by molar-refractivity contribution is -0.114. The van der Waals surface area contributed by atoms with Crippen LogP contribution in [0.4, 0.5) is 5.69 Å². The van der Waals surface area contributed by atoms with Crippen LogP contribution in [0.2, 0.25) is 0 Å². The molecule has 1 rings (SSSR count). The number of hydrogen-bond donors (Lipinski definition) is 1. The Hall–Kier alpha value is -1.31. The van der Waals surface area contributed by atoms with Crippen LogP contribution in [-0.2, 0) is 11.2 Å². The van der Waals surface area contributed by atoms with Gasteiger partial charge in [-0.25, -0.2) is 0 Å². The summed E-state index contributed by atoms with van der Waals surface area (Å²) in [5.74, 6) is 1.97. The molecule has 0 spiro atoms. The zero-order chi connectivity index (χ0) is 21.7. The highest BCUT2D eigenvalue weighted by Gasteiger charge is 1.98. The second-order valence-electron chi connectivity index (χ2n) is 8.13. The molecule has 0 aromatic heterocycles. The number of anilines is 1. The first-order valence-electron chi connectivity index (χ1n) is 10.9. The van der Waals surface area contributed by atoms with Crippen molar-refractivity contribution in [3.05, 3.63) is 29.8 Å². The van der Waals surface area contributed by atoms with Gasteiger partial charge in [-0.3, -0.25) is 0 Å². The molecule has 2 heteroatoms. The van der Waals surface area contributed by atoms with E-state index in [4.69, 9.17) is 5.73 Å². The van der Waals surface area contributed by atoms with Gasteiger partial charge < -0.3 is 10.5 Å². The Bertz CT molecular complexity index is 411. The number of carbonyl (C=O) groups is 1. The fraction of sp³-hybridized carbons (Fsp3) is 0.720. The van der Waals surface area contributed by atoms with Gasteiger partial charge in [0, 0.05) is 5.69 Å². The fourth-order valence-corrected chi connectivity index (χ4v) is 2.06. The van der Waals surface area contributed by atoms with Gasteiger partial charge in [-0.05, 0) is 49.8 Å². The summed E-state index contributed by atoms with van der Waals surface area (Å²) in [4.78, 5) is 9.44. The summed E-state index contributed by atoms with van der Waals surface area (Å²) in [7, 11) is 0. The zero-order valence-corrected chi connectivity index (χ0v) is 19.9. The fourth-order valence-electron chi connectivity index (χ4n) is 2.06. The number of rotatable bonds is 7. The summed E-state index contributed by atoms with van der Waals surface area (Å²) in [6, 6.07) is 7.96. The summed E-state index contributed by atoms with van der Waals surface area (Å²) in [5.41, 5.74) is 7.69. The van der Waals surface area contributed by atoms with Crippen molar-refractivity contribution in [2.24, 2.45) is 11.8 Å². The van der Waals surface area contributed by atoms with Crippen molar-refractivity contribution < 1.29 is 4.79 Å². The molecular weight excluding hydrogens is 330 g/mol. The van der Waals surface area contributed by atoms with Crippen molar-refractivity contribution in [3.8, 4) is 0 Å². The molecule has 0 heterocycles. The SMILES string of the molecule is CC(C)=O.CC(C)C.CCCCC(C)CCCC.CCc1cccc(N)c1. The van der Waals surface area contributed by atoms with E-state index in [2.05, 4.69) is 54.5 Å². The molecule has 0 bridgehead atoms. The van der Waals surface area contributed by atoms with Gasteiger partial charge in [0.05, 0.1) is 0 Å². The third-order valence-corrected chi connectivity index (χ3v) is 3.46. The minimum absolute atomic E-state index is 0.167. The van der Waals surface area contributed by atoms with E-state index in [1.54, 1.807) is 0 Å². The lowest BCUT2D eigenvalue weighted by Gasteiger charge is -2.08. The highest BCUT2D eigenvalue weighted by Crippen LogP contribution is 2.14. The molecule has 0 amide bonds. The van der Waals surface area contributed by atoms with Gasteiger partial charge >= 0.3 is 0 Å². The van der Waals surface area contributed by atoms with Crippen LogP contribution in [-0.4, -0.2) is 5.78 Å². The Morgan fingerprint density at radius 2 is 1.33 bits per heavy atom. The van der Waals surface area contributed by atoms with Crippen molar-refractivity contribution in [2.75, 3.05) is 5.73 Å². The Balaban J connectivity index is -0.000000310. The molecule has 0 saturated heterocycles. The van der Waals surface area contributed by atoms with E-state index in [-0.39, 0.29) is 5.78 Å². The van der Waals surface area contributed by atoms with Crippen LogP contribution in [0, 0.1) is 11.8 Å². The smallest absolute Gasteiger partial charge is 0.126 e. The van der Waals surface area contributed by atoms with Crippen LogP contribution in [0.3, 0.4) is 0 Å². The first-order valence-corrected chi connectivity index (χ1v) is 10.9. The number of ketones is 1. The second-order valence-corrected chi connectivity index (χ2v) is 8.13. The number of unbranched alkanes of at least 4 members (excludes halogenated alkanes) is 2. The van der Waals surface area contributed by atoms with Crippen molar-refractivity contribution in [1.29, 1.82) is 0 Å². The van der Waals surface area contributed by atoms with Crippen molar-refractivity contribution in [2.45, 2.75) is 107 Å². The first kappa shape index (κ1) is 30.4. The van der Waals surface area contributed by atoms with Crippen molar-refractivity contribution >= 4 is 11.5 Å². The number of hydrogen-bond acceptors (Lipinski definition) is 2.